The first-order chi connectivity index (χ1) is 14.8. The van der Waals surface area contributed by atoms with Gasteiger partial charge in [0.1, 0.15) is 5.75 Å². The molecule has 31 heavy (non-hydrogen) atoms. The van der Waals surface area contributed by atoms with Crippen LogP contribution in [0.5, 0.6) is 5.75 Å². The molecule has 0 saturated carbocycles. The second kappa shape index (κ2) is 10.2. The molecule has 0 spiro atoms. The van der Waals surface area contributed by atoms with Crippen LogP contribution in [0.3, 0.4) is 0 Å². The van der Waals surface area contributed by atoms with Crippen LogP contribution in [0, 0.1) is 10.2 Å². The third-order valence-electron chi connectivity index (χ3n) is 4.31. The molecule has 3 aromatic carbocycles. The summed E-state index contributed by atoms with van der Waals surface area (Å²) < 4.78 is 45.6. The van der Waals surface area contributed by atoms with Crippen LogP contribution in [0.4, 0.5) is 0 Å². The van der Waals surface area contributed by atoms with Gasteiger partial charge in [0.05, 0.1) is 30.4 Å². The Morgan fingerprint density at radius 3 is 1.48 bits per heavy atom. The van der Waals surface area contributed by atoms with Crippen LogP contribution in [-0.4, -0.2) is 7.11 Å². The van der Waals surface area contributed by atoms with Gasteiger partial charge in [0, 0.05) is 5.56 Å². The predicted molar refractivity (Wildman–Crippen MR) is 106 cm³/mol. The fourth-order valence-electron chi connectivity index (χ4n) is 2.96. The zero-order valence-corrected chi connectivity index (χ0v) is 17.3. The van der Waals surface area contributed by atoms with Crippen LogP contribution in [-0.2, 0) is 0 Å². The molecule has 0 aliphatic heterocycles. The van der Waals surface area contributed by atoms with Gasteiger partial charge in [0.2, 0.25) is 0 Å². The van der Waals surface area contributed by atoms with Crippen molar-refractivity contribution in [3.63, 3.8) is 0 Å². The molecule has 0 N–H and O–H groups in total. The molecule has 1 heterocycles. The topological polar surface area (TPSA) is 113 Å². The molecular formula is C24H19ClO6. The average molecular weight is 439 g/mol. The largest absolute Gasteiger partial charge is 0.497 e. The molecule has 0 amide bonds. The summed E-state index contributed by atoms with van der Waals surface area (Å²) in [6, 6.07) is 32.6. The van der Waals surface area contributed by atoms with E-state index >= 15 is 0 Å². The highest BCUT2D eigenvalue weighted by Crippen LogP contribution is 2.33. The minimum Gasteiger partial charge on any atom is -0.497 e. The number of benzene rings is 3. The van der Waals surface area contributed by atoms with Crippen molar-refractivity contribution in [3.8, 4) is 39.5 Å². The van der Waals surface area contributed by atoms with Crippen molar-refractivity contribution < 1.29 is 38.0 Å². The molecule has 0 bridgehead atoms. The summed E-state index contributed by atoms with van der Waals surface area (Å²) in [6.07, 6.45) is 0. The Morgan fingerprint density at radius 1 is 0.581 bits per heavy atom. The molecule has 0 atom stereocenters. The third-order valence-corrected chi connectivity index (χ3v) is 4.31. The fourth-order valence-corrected chi connectivity index (χ4v) is 2.96. The van der Waals surface area contributed by atoms with Crippen LogP contribution < -0.4 is 23.4 Å². The lowest BCUT2D eigenvalue weighted by molar-refractivity contribution is -2.00. The summed E-state index contributed by atoms with van der Waals surface area (Å²) in [4.78, 5) is 0. The molecule has 158 valence electrons. The first-order valence-electron chi connectivity index (χ1n) is 9.19. The molecule has 7 heteroatoms. The highest BCUT2D eigenvalue weighted by atomic mass is 35.7. The molecule has 0 fully saturated rings. The van der Waals surface area contributed by atoms with E-state index in [1.165, 1.54) is 0 Å². The minimum atomic E-state index is -4.94. The molecule has 0 aliphatic rings. The van der Waals surface area contributed by atoms with Gasteiger partial charge < -0.3 is 4.74 Å². The van der Waals surface area contributed by atoms with Gasteiger partial charge in [-0.2, -0.15) is 0 Å². The zero-order chi connectivity index (χ0) is 22.3. The van der Waals surface area contributed by atoms with E-state index in [4.69, 9.17) is 27.8 Å². The van der Waals surface area contributed by atoms with E-state index in [0.29, 0.717) is 0 Å². The monoisotopic (exact) mass is 438 g/mol. The molecule has 0 saturated heterocycles. The lowest BCUT2D eigenvalue weighted by Gasteiger charge is -2.17. The summed E-state index contributed by atoms with van der Waals surface area (Å²) in [5, 5.41) is 0. The number of rotatable bonds is 4. The molecular weight excluding hydrogens is 420 g/mol. The molecule has 0 unspecified atom stereocenters. The second-order valence-corrected chi connectivity index (χ2v) is 7.17. The van der Waals surface area contributed by atoms with Crippen LogP contribution >= 0.6 is 0 Å². The Bertz CT molecular complexity index is 1050. The fraction of sp³-hybridized carbons (Fsp3) is 0.0417. The predicted octanol–water partition coefficient (Wildman–Crippen LogP) is 1.81. The Hall–Kier alpha value is -3.26. The average Bonchev–Trinajstić information content (AvgIpc) is 2.79. The quantitative estimate of drug-likeness (QED) is 0.449. The Kier molecular flexibility index (Phi) is 7.36. The van der Waals surface area contributed by atoms with Crippen LogP contribution in [0.2, 0.25) is 0 Å². The SMILES string of the molecule is COc1cccc(-c2cc(-c3ccccc3)[o+]c(-c3ccccc3)c2)c1.[O-][Cl+3]([O-])([O-])[O-]. The van der Waals surface area contributed by atoms with Crippen molar-refractivity contribution in [1.82, 2.24) is 0 Å². The van der Waals surface area contributed by atoms with Crippen molar-refractivity contribution >= 4 is 0 Å². The van der Waals surface area contributed by atoms with E-state index in [-0.39, 0.29) is 0 Å². The van der Waals surface area contributed by atoms with Gasteiger partial charge in [-0.25, -0.2) is 23.1 Å². The summed E-state index contributed by atoms with van der Waals surface area (Å²) in [7, 11) is -3.26. The van der Waals surface area contributed by atoms with E-state index in [0.717, 1.165) is 39.5 Å². The smallest absolute Gasteiger partial charge is 0.361 e. The maximum atomic E-state index is 8.49. The van der Waals surface area contributed by atoms with Crippen molar-refractivity contribution in [2.45, 2.75) is 0 Å². The molecule has 1 aromatic heterocycles. The minimum absolute atomic E-state index is 0.838. The molecule has 4 rings (SSSR count). The van der Waals surface area contributed by atoms with E-state index in [1.54, 1.807) is 7.11 Å². The summed E-state index contributed by atoms with van der Waals surface area (Å²) >= 11 is 0. The lowest BCUT2D eigenvalue weighted by Crippen LogP contribution is -2.68. The number of halogens is 1. The van der Waals surface area contributed by atoms with Crippen molar-refractivity contribution in [2.24, 2.45) is 0 Å². The second-order valence-electron chi connectivity index (χ2n) is 6.42. The summed E-state index contributed by atoms with van der Waals surface area (Å²) in [5.74, 6) is 2.51. The van der Waals surface area contributed by atoms with Crippen molar-refractivity contribution in [1.29, 1.82) is 0 Å². The summed E-state index contributed by atoms with van der Waals surface area (Å²) in [5.41, 5.74) is 4.28. The lowest BCUT2D eigenvalue weighted by atomic mass is 10.0. The van der Waals surface area contributed by atoms with Crippen molar-refractivity contribution in [2.75, 3.05) is 7.11 Å². The van der Waals surface area contributed by atoms with Crippen LogP contribution in [0.1, 0.15) is 0 Å². The molecule has 4 aromatic rings. The van der Waals surface area contributed by atoms with Crippen molar-refractivity contribution in [3.05, 3.63) is 97.1 Å². The summed E-state index contributed by atoms with van der Waals surface area (Å²) in [6.45, 7) is 0. The van der Waals surface area contributed by atoms with Gasteiger partial charge >= 0.3 is 11.5 Å². The maximum absolute atomic E-state index is 8.49. The van der Waals surface area contributed by atoms with Gasteiger partial charge in [-0.05, 0) is 42.0 Å². The first kappa shape index (κ1) is 22.4. The Morgan fingerprint density at radius 2 is 1.03 bits per heavy atom. The maximum Gasteiger partial charge on any atom is 0.361 e. The number of methoxy groups -OCH3 is 1. The third kappa shape index (κ3) is 6.89. The Balaban J connectivity index is 0.000000491. The molecule has 0 aliphatic carbocycles. The molecule has 6 nitrogen and oxygen atoms in total. The number of hydrogen-bond acceptors (Lipinski definition) is 5. The van der Waals surface area contributed by atoms with Gasteiger partial charge in [0.15, 0.2) is 0 Å². The van der Waals surface area contributed by atoms with Crippen LogP contribution in [0.25, 0.3) is 33.8 Å². The molecule has 0 radical (unpaired) electrons. The van der Waals surface area contributed by atoms with E-state index in [9.17, 15) is 0 Å². The number of ether oxygens (including phenoxy) is 1. The highest BCUT2D eigenvalue weighted by molar-refractivity contribution is 5.75. The Labute approximate surface area is 182 Å². The van der Waals surface area contributed by atoms with Gasteiger partial charge in [0.25, 0.3) is 0 Å². The normalized spacial score (nSPS) is 10.7. The van der Waals surface area contributed by atoms with Gasteiger partial charge in [-0.15, -0.1) is 10.2 Å². The van der Waals surface area contributed by atoms with E-state index in [2.05, 4.69) is 42.5 Å². The highest BCUT2D eigenvalue weighted by Gasteiger charge is 2.20. The van der Waals surface area contributed by atoms with Crippen LogP contribution in [0.15, 0.2) is 101 Å². The van der Waals surface area contributed by atoms with E-state index in [1.807, 2.05) is 54.6 Å². The van der Waals surface area contributed by atoms with E-state index < -0.39 is 10.2 Å². The first-order valence-corrected chi connectivity index (χ1v) is 10.4. The standard InChI is InChI=1S/C24H19O2.ClHO4/c1-25-22-14-8-13-20(15-22)21-16-23(18-9-4-2-5-10-18)26-24(17-21)19-11-6-3-7-12-19;2-1(3,4)5/h2-17H,1H3;(H,2,3,4,5)/q+1;/p-1. The van der Waals surface area contributed by atoms with Gasteiger partial charge in [-0.3, -0.25) is 0 Å². The van der Waals surface area contributed by atoms with Gasteiger partial charge in [-0.1, -0.05) is 48.5 Å². The zero-order valence-electron chi connectivity index (χ0n) is 16.6. The number of hydrogen-bond donors (Lipinski definition) is 0.